The highest BCUT2D eigenvalue weighted by Gasteiger charge is 2.39. The normalized spacial score (nSPS) is 24.7. The van der Waals surface area contributed by atoms with E-state index in [1.807, 2.05) is 12.1 Å². The predicted octanol–water partition coefficient (Wildman–Crippen LogP) is 2.69. The standard InChI is InChI=1S/C18H27N3O2/c1-13(2)16-6-5-15(11-19)17(20-16)21-9-7-18(22,8-10-23-4)14(3)12-21/h5-6,13-14,22H,7-10,12H2,1-4H3/t14-,18-/m1/s1. The zero-order valence-corrected chi connectivity index (χ0v) is 14.5. The van der Waals surface area contributed by atoms with Crippen molar-refractivity contribution in [2.75, 3.05) is 31.7 Å². The number of nitrogens with zero attached hydrogens (tertiary/aromatic N) is 3. The quantitative estimate of drug-likeness (QED) is 0.904. The van der Waals surface area contributed by atoms with Crippen LogP contribution in [0.15, 0.2) is 12.1 Å². The van der Waals surface area contributed by atoms with Crippen LogP contribution >= 0.6 is 0 Å². The first-order valence-corrected chi connectivity index (χ1v) is 8.28. The smallest absolute Gasteiger partial charge is 0.146 e. The van der Waals surface area contributed by atoms with E-state index in [0.29, 0.717) is 44.0 Å². The van der Waals surface area contributed by atoms with Gasteiger partial charge in [-0.3, -0.25) is 0 Å². The lowest BCUT2D eigenvalue weighted by atomic mass is 9.80. The molecule has 0 radical (unpaired) electrons. The summed E-state index contributed by atoms with van der Waals surface area (Å²) in [6.45, 7) is 8.21. The summed E-state index contributed by atoms with van der Waals surface area (Å²) in [6, 6.07) is 6.02. The molecule has 1 aromatic rings. The highest BCUT2D eigenvalue weighted by Crippen LogP contribution is 2.34. The summed E-state index contributed by atoms with van der Waals surface area (Å²) >= 11 is 0. The molecule has 2 rings (SSSR count). The Balaban J connectivity index is 2.21. The van der Waals surface area contributed by atoms with E-state index in [-0.39, 0.29) is 5.92 Å². The molecule has 0 unspecified atom stereocenters. The number of rotatable bonds is 5. The van der Waals surface area contributed by atoms with Crippen molar-refractivity contribution in [3.05, 3.63) is 23.4 Å². The molecular formula is C18H27N3O2. The third-order valence-corrected chi connectivity index (χ3v) is 4.87. The number of piperidine rings is 1. The molecule has 0 spiro atoms. The number of methoxy groups -OCH3 is 1. The third-order valence-electron chi connectivity index (χ3n) is 4.87. The van der Waals surface area contributed by atoms with Crippen LogP contribution in [0.1, 0.15) is 50.8 Å². The van der Waals surface area contributed by atoms with E-state index in [2.05, 4.69) is 31.7 Å². The molecule has 1 fully saturated rings. The molecule has 2 atom stereocenters. The first kappa shape index (κ1) is 17.7. The molecule has 1 saturated heterocycles. The monoisotopic (exact) mass is 317 g/mol. The van der Waals surface area contributed by atoms with E-state index < -0.39 is 5.60 Å². The molecule has 5 nitrogen and oxygen atoms in total. The molecule has 5 heteroatoms. The molecule has 1 aliphatic heterocycles. The van der Waals surface area contributed by atoms with E-state index >= 15 is 0 Å². The molecule has 0 amide bonds. The average molecular weight is 317 g/mol. The number of hydrogen-bond acceptors (Lipinski definition) is 5. The van der Waals surface area contributed by atoms with Crippen molar-refractivity contribution in [2.45, 2.75) is 45.1 Å². The van der Waals surface area contributed by atoms with Gasteiger partial charge in [0.1, 0.15) is 11.9 Å². The zero-order chi connectivity index (χ0) is 17.0. The van der Waals surface area contributed by atoms with Crippen LogP contribution in [0.4, 0.5) is 5.82 Å². The van der Waals surface area contributed by atoms with Gasteiger partial charge in [-0.2, -0.15) is 5.26 Å². The third kappa shape index (κ3) is 3.82. The van der Waals surface area contributed by atoms with Crippen LogP contribution in [0.25, 0.3) is 0 Å². The van der Waals surface area contributed by atoms with Crippen molar-refractivity contribution in [1.29, 1.82) is 5.26 Å². The number of pyridine rings is 1. The number of aliphatic hydroxyl groups is 1. The van der Waals surface area contributed by atoms with Gasteiger partial charge in [-0.25, -0.2) is 4.98 Å². The van der Waals surface area contributed by atoms with Crippen molar-refractivity contribution >= 4 is 5.82 Å². The van der Waals surface area contributed by atoms with Crippen LogP contribution in [0.3, 0.4) is 0 Å². The molecule has 23 heavy (non-hydrogen) atoms. The van der Waals surface area contributed by atoms with Gasteiger partial charge < -0.3 is 14.7 Å². The summed E-state index contributed by atoms with van der Waals surface area (Å²) in [5, 5.41) is 20.2. The molecule has 0 aromatic carbocycles. The van der Waals surface area contributed by atoms with Gasteiger partial charge in [0.05, 0.1) is 11.2 Å². The SMILES string of the molecule is COCC[C@]1(O)CCN(c2nc(C(C)C)ccc2C#N)C[C@H]1C. The Hall–Kier alpha value is -1.64. The molecule has 126 valence electrons. The second-order valence-electron chi connectivity index (χ2n) is 6.82. The number of nitriles is 1. The number of aromatic nitrogens is 1. The van der Waals surface area contributed by atoms with Gasteiger partial charge in [-0.15, -0.1) is 0 Å². The molecular weight excluding hydrogens is 290 g/mol. The van der Waals surface area contributed by atoms with E-state index in [4.69, 9.17) is 9.72 Å². The molecule has 1 aliphatic rings. The lowest BCUT2D eigenvalue weighted by molar-refractivity contribution is -0.0489. The summed E-state index contributed by atoms with van der Waals surface area (Å²) in [5.41, 5.74) is 0.894. The van der Waals surface area contributed by atoms with Crippen molar-refractivity contribution in [1.82, 2.24) is 4.98 Å². The van der Waals surface area contributed by atoms with Crippen LogP contribution in [-0.2, 0) is 4.74 Å². The Morgan fingerprint density at radius 1 is 1.52 bits per heavy atom. The summed E-state index contributed by atoms with van der Waals surface area (Å²) in [6.07, 6.45) is 1.30. The van der Waals surface area contributed by atoms with Gasteiger partial charge in [0.2, 0.25) is 0 Å². The Labute approximate surface area is 138 Å². The molecule has 1 N–H and O–H groups in total. The average Bonchev–Trinajstić information content (AvgIpc) is 2.55. The first-order valence-electron chi connectivity index (χ1n) is 8.28. The Bertz CT molecular complexity index is 582. The minimum atomic E-state index is -0.699. The second-order valence-corrected chi connectivity index (χ2v) is 6.82. The maximum atomic E-state index is 10.8. The van der Waals surface area contributed by atoms with Crippen molar-refractivity contribution in [3.8, 4) is 6.07 Å². The summed E-state index contributed by atoms with van der Waals surface area (Å²) in [7, 11) is 1.66. The highest BCUT2D eigenvalue weighted by atomic mass is 16.5. The molecule has 0 aliphatic carbocycles. The molecule has 0 saturated carbocycles. The Morgan fingerprint density at radius 3 is 2.83 bits per heavy atom. The first-order chi connectivity index (χ1) is 10.9. The van der Waals surface area contributed by atoms with Crippen LogP contribution in [0, 0.1) is 17.2 Å². The lowest BCUT2D eigenvalue weighted by Gasteiger charge is -2.44. The van der Waals surface area contributed by atoms with Gasteiger partial charge in [0.15, 0.2) is 0 Å². The van der Waals surface area contributed by atoms with E-state index in [1.165, 1.54) is 0 Å². The number of hydrogen-bond donors (Lipinski definition) is 1. The maximum Gasteiger partial charge on any atom is 0.146 e. The lowest BCUT2D eigenvalue weighted by Crippen LogP contribution is -2.51. The number of anilines is 1. The van der Waals surface area contributed by atoms with Gasteiger partial charge in [-0.1, -0.05) is 20.8 Å². The van der Waals surface area contributed by atoms with Crippen molar-refractivity contribution in [2.24, 2.45) is 5.92 Å². The van der Waals surface area contributed by atoms with Crippen LogP contribution in [0.5, 0.6) is 0 Å². The molecule has 2 heterocycles. The predicted molar refractivity (Wildman–Crippen MR) is 90.5 cm³/mol. The van der Waals surface area contributed by atoms with E-state index in [0.717, 1.165) is 11.5 Å². The zero-order valence-electron chi connectivity index (χ0n) is 14.5. The topological polar surface area (TPSA) is 69.4 Å². The minimum absolute atomic E-state index is 0.0995. The van der Waals surface area contributed by atoms with E-state index in [1.54, 1.807) is 7.11 Å². The molecule has 0 bridgehead atoms. The summed E-state index contributed by atoms with van der Waals surface area (Å²) < 4.78 is 5.12. The number of ether oxygens (including phenoxy) is 1. The van der Waals surface area contributed by atoms with Gasteiger partial charge >= 0.3 is 0 Å². The fourth-order valence-corrected chi connectivity index (χ4v) is 3.12. The van der Waals surface area contributed by atoms with Crippen LogP contribution in [-0.4, -0.2) is 42.5 Å². The Kier molecular flexibility index (Phi) is 5.61. The molecule has 1 aromatic heterocycles. The summed E-state index contributed by atoms with van der Waals surface area (Å²) in [5.74, 6) is 1.17. The van der Waals surface area contributed by atoms with Crippen LogP contribution in [0.2, 0.25) is 0 Å². The van der Waals surface area contributed by atoms with Gasteiger partial charge in [0.25, 0.3) is 0 Å². The van der Waals surface area contributed by atoms with Crippen molar-refractivity contribution in [3.63, 3.8) is 0 Å². The largest absolute Gasteiger partial charge is 0.389 e. The fraction of sp³-hybridized carbons (Fsp3) is 0.667. The van der Waals surface area contributed by atoms with Crippen LogP contribution < -0.4 is 4.90 Å². The van der Waals surface area contributed by atoms with E-state index in [9.17, 15) is 10.4 Å². The second kappa shape index (κ2) is 7.29. The highest BCUT2D eigenvalue weighted by molar-refractivity contribution is 5.55. The minimum Gasteiger partial charge on any atom is -0.389 e. The van der Waals surface area contributed by atoms with Crippen molar-refractivity contribution < 1.29 is 9.84 Å². The fourth-order valence-electron chi connectivity index (χ4n) is 3.12. The van der Waals surface area contributed by atoms with Gasteiger partial charge in [-0.05, 0) is 30.9 Å². The maximum absolute atomic E-state index is 10.8. The Morgan fingerprint density at radius 2 is 2.26 bits per heavy atom. The van der Waals surface area contributed by atoms with Gasteiger partial charge in [0, 0.05) is 38.4 Å². The summed E-state index contributed by atoms with van der Waals surface area (Å²) in [4.78, 5) is 6.84.